The molecule has 1 saturated heterocycles. The number of rotatable bonds is 5. The zero-order valence-corrected chi connectivity index (χ0v) is 11.4. The summed E-state index contributed by atoms with van der Waals surface area (Å²) in [5, 5.41) is 18.4. The van der Waals surface area contributed by atoms with Gasteiger partial charge in [0, 0.05) is 26.2 Å². The molecule has 1 aromatic carbocycles. The molecule has 0 radical (unpaired) electrons. The van der Waals surface area contributed by atoms with Crippen molar-refractivity contribution in [1.29, 1.82) is 0 Å². The van der Waals surface area contributed by atoms with E-state index in [1.165, 1.54) is 5.56 Å². The zero-order valence-electron chi connectivity index (χ0n) is 11.4. The van der Waals surface area contributed by atoms with Gasteiger partial charge >= 0.3 is 0 Å². The van der Waals surface area contributed by atoms with Crippen LogP contribution in [0.3, 0.4) is 0 Å². The van der Waals surface area contributed by atoms with Crippen LogP contribution < -0.4 is 0 Å². The maximum absolute atomic E-state index is 9.50. The molecule has 1 atom stereocenters. The first kappa shape index (κ1) is 14.5. The van der Waals surface area contributed by atoms with E-state index in [4.69, 9.17) is 5.11 Å². The number of benzene rings is 1. The van der Waals surface area contributed by atoms with E-state index in [1.807, 2.05) is 6.07 Å². The van der Waals surface area contributed by atoms with E-state index in [0.717, 1.165) is 39.1 Å². The average Bonchev–Trinajstić information content (AvgIpc) is 2.65. The highest BCUT2D eigenvalue weighted by Gasteiger charge is 2.16. The van der Waals surface area contributed by atoms with Crippen molar-refractivity contribution >= 4 is 0 Å². The Bertz CT molecular complexity index is 358. The van der Waals surface area contributed by atoms with Gasteiger partial charge < -0.3 is 10.2 Å². The largest absolute Gasteiger partial charge is 0.394 e. The van der Waals surface area contributed by atoms with Crippen LogP contribution in [-0.4, -0.2) is 65.4 Å². The molecule has 0 saturated carbocycles. The molecular weight excluding hydrogens is 240 g/mol. The predicted molar refractivity (Wildman–Crippen MR) is 75.9 cm³/mol. The van der Waals surface area contributed by atoms with Gasteiger partial charge in [-0.1, -0.05) is 30.3 Å². The molecule has 0 amide bonds. The summed E-state index contributed by atoms with van der Waals surface area (Å²) in [6, 6.07) is 10.5. The molecule has 4 heteroatoms. The van der Waals surface area contributed by atoms with Gasteiger partial charge in [0.05, 0.1) is 12.7 Å². The van der Waals surface area contributed by atoms with Crippen molar-refractivity contribution in [2.45, 2.75) is 19.1 Å². The van der Waals surface area contributed by atoms with Gasteiger partial charge in [0.25, 0.3) is 0 Å². The van der Waals surface area contributed by atoms with Crippen LogP contribution >= 0.6 is 0 Å². The van der Waals surface area contributed by atoms with Crippen LogP contribution in [0.25, 0.3) is 0 Å². The van der Waals surface area contributed by atoms with Gasteiger partial charge in [0.15, 0.2) is 0 Å². The van der Waals surface area contributed by atoms with Crippen LogP contribution in [0.15, 0.2) is 30.3 Å². The average molecular weight is 264 g/mol. The fourth-order valence-corrected chi connectivity index (χ4v) is 2.56. The maximum Gasteiger partial charge on any atom is 0.0897 e. The first-order valence-corrected chi connectivity index (χ1v) is 7.05. The molecule has 0 bridgehead atoms. The van der Waals surface area contributed by atoms with E-state index in [2.05, 4.69) is 34.1 Å². The highest BCUT2D eigenvalue weighted by atomic mass is 16.3. The lowest BCUT2D eigenvalue weighted by Gasteiger charge is -2.23. The Morgan fingerprint density at radius 1 is 1.00 bits per heavy atom. The van der Waals surface area contributed by atoms with Crippen molar-refractivity contribution in [1.82, 2.24) is 9.80 Å². The van der Waals surface area contributed by atoms with Gasteiger partial charge in [-0.2, -0.15) is 0 Å². The van der Waals surface area contributed by atoms with Crippen LogP contribution in [-0.2, 0) is 6.54 Å². The van der Waals surface area contributed by atoms with Crippen LogP contribution in [0.2, 0.25) is 0 Å². The van der Waals surface area contributed by atoms with Gasteiger partial charge in [-0.25, -0.2) is 0 Å². The number of aliphatic hydroxyl groups is 2. The van der Waals surface area contributed by atoms with Gasteiger partial charge in [0.1, 0.15) is 0 Å². The molecule has 4 nitrogen and oxygen atoms in total. The topological polar surface area (TPSA) is 46.9 Å². The Hall–Kier alpha value is -0.940. The molecule has 0 aromatic heterocycles. The second kappa shape index (κ2) is 7.60. The molecule has 2 N–H and O–H groups in total. The van der Waals surface area contributed by atoms with E-state index in [-0.39, 0.29) is 6.61 Å². The van der Waals surface area contributed by atoms with Crippen molar-refractivity contribution in [2.75, 3.05) is 39.3 Å². The minimum atomic E-state index is -0.610. The van der Waals surface area contributed by atoms with E-state index in [0.29, 0.717) is 6.54 Å². The predicted octanol–water partition coefficient (Wildman–Crippen LogP) is 0.547. The van der Waals surface area contributed by atoms with Crippen LogP contribution in [0.4, 0.5) is 0 Å². The van der Waals surface area contributed by atoms with Gasteiger partial charge in [-0.3, -0.25) is 9.80 Å². The molecule has 1 aliphatic heterocycles. The Kier molecular flexibility index (Phi) is 5.79. The SMILES string of the molecule is OCC(O)CN1CCCN(Cc2ccccc2)CC1. The van der Waals surface area contributed by atoms with Gasteiger partial charge in [0.2, 0.25) is 0 Å². The van der Waals surface area contributed by atoms with Gasteiger partial charge in [-0.05, 0) is 25.1 Å². The summed E-state index contributed by atoms with van der Waals surface area (Å²) in [4.78, 5) is 4.70. The fraction of sp³-hybridized carbons (Fsp3) is 0.600. The third-order valence-electron chi connectivity index (χ3n) is 3.61. The quantitative estimate of drug-likeness (QED) is 0.815. The molecule has 0 aliphatic carbocycles. The lowest BCUT2D eigenvalue weighted by Crippen LogP contribution is -2.37. The second-order valence-corrected chi connectivity index (χ2v) is 5.25. The number of nitrogens with zero attached hydrogens (tertiary/aromatic N) is 2. The number of aliphatic hydroxyl groups excluding tert-OH is 2. The molecule has 0 spiro atoms. The van der Waals surface area contributed by atoms with Crippen molar-refractivity contribution in [3.8, 4) is 0 Å². The number of hydrogen-bond acceptors (Lipinski definition) is 4. The minimum absolute atomic E-state index is 0.149. The first-order chi connectivity index (χ1) is 9.28. The van der Waals surface area contributed by atoms with Crippen molar-refractivity contribution < 1.29 is 10.2 Å². The van der Waals surface area contributed by atoms with E-state index < -0.39 is 6.10 Å². The van der Waals surface area contributed by atoms with E-state index in [1.54, 1.807) is 0 Å². The summed E-state index contributed by atoms with van der Waals surface area (Å²) < 4.78 is 0. The maximum atomic E-state index is 9.50. The molecule has 1 aliphatic rings. The Balaban J connectivity index is 1.80. The summed E-state index contributed by atoms with van der Waals surface area (Å²) in [5.74, 6) is 0. The third kappa shape index (κ3) is 4.91. The normalized spacial score (nSPS) is 20.1. The van der Waals surface area contributed by atoms with Crippen LogP contribution in [0.5, 0.6) is 0 Å². The molecule has 19 heavy (non-hydrogen) atoms. The summed E-state index contributed by atoms with van der Waals surface area (Å²) in [5.41, 5.74) is 1.35. The van der Waals surface area contributed by atoms with E-state index >= 15 is 0 Å². The monoisotopic (exact) mass is 264 g/mol. The summed E-state index contributed by atoms with van der Waals surface area (Å²) in [6.07, 6.45) is 0.506. The summed E-state index contributed by atoms with van der Waals surface area (Å²) in [6.45, 7) is 5.51. The Labute approximate surface area is 115 Å². The molecule has 1 heterocycles. The Morgan fingerprint density at radius 3 is 2.42 bits per heavy atom. The van der Waals surface area contributed by atoms with Crippen molar-refractivity contribution in [3.05, 3.63) is 35.9 Å². The van der Waals surface area contributed by atoms with Crippen LogP contribution in [0, 0.1) is 0 Å². The molecule has 1 unspecified atom stereocenters. The molecular formula is C15H24N2O2. The van der Waals surface area contributed by atoms with Crippen molar-refractivity contribution in [2.24, 2.45) is 0 Å². The fourth-order valence-electron chi connectivity index (χ4n) is 2.56. The molecule has 1 fully saturated rings. The minimum Gasteiger partial charge on any atom is -0.394 e. The zero-order chi connectivity index (χ0) is 13.5. The summed E-state index contributed by atoms with van der Waals surface area (Å²) in [7, 11) is 0. The standard InChI is InChI=1S/C15H24N2O2/c18-13-15(19)12-17-8-4-7-16(9-10-17)11-14-5-2-1-3-6-14/h1-3,5-6,15,18-19H,4,7-13H2. The molecule has 2 rings (SSSR count). The van der Waals surface area contributed by atoms with Gasteiger partial charge in [-0.15, -0.1) is 0 Å². The van der Waals surface area contributed by atoms with E-state index in [9.17, 15) is 5.11 Å². The first-order valence-electron chi connectivity index (χ1n) is 7.05. The lowest BCUT2D eigenvalue weighted by molar-refractivity contribution is 0.0602. The number of β-amino-alcohol motifs (C(OH)–C–C–N with tert-alkyl or cyclic N) is 1. The van der Waals surface area contributed by atoms with Crippen molar-refractivity contribution in [3.63, 3.8) is 0 Å². The third-order valence-corrected chi connectivity index (χ3v) is 3.61. The highest BCUT2D eigenvalue weighted by Crippen LogP contribution is 2.09. The Morgan fingerprint density at radius 2 is 1.68 bits per heavy atom. The number of hydrogen-bond donors (Lipinski definition) is 2. The second-order valence-electron chi connectivity index (χ2n) is 5.25. The summed E-state index contributed by atoms with van der Waals surface area (Å²) >= 11 is 0. The van der Waals surface area contributed by atoms with Crippen LogP contribution in [0.1, 0.15) is 12.0 Å². The lowest BCUT2D eigenvalue weighted by atomic mass is 10.2. The molecule has 1 aromatic rings. The smallest absolute Gasteiger partial charge is 0.0897 e. The highest BCUT2D eigenvalue weighted by molar-refractivity contribution is 5.14. The molecule has 106 valence electrons.